The zero-order chi connectivity index (χ0) is 15.5. The molecule has 0 N–H and O–H groups in total. The molecule has 110 valence electrons. The largest absolute Gasteiger partial charge is 0.497 e. The normalized spacial score (nSPS) is 13.3. The number of rotatable bonds is 3. The summed E-state index contributed by atoms with van der Waals surface area (Å²) in [6.45, 7) is 0. The minimum Gasteiger partial charge on any atom is -0.497 e. The quantitative estimate of drug-likeness (QED) is 0.866. The van der Waals surface area contributed by atoms with Crippen molar-refractivity contribution in [3.63, 3.8) is 0 Å². The molecule has 0 aliphatic rings. The van der Waals surface area contributed by atoms with Gasteiger partial charge in [0.15, 0.2) is 0 Å². The molecule has 0 bridgehead atoms. The Kier molecular flexibility index (Phi) is 4.65. The van der Waals surface area contributed by atoms with E-state index in [1.165, 1.54) is 6.26 Å². The van der Waals surface area contributed by atoms with Crippen LogP contribution >= 0.6 is 11.6 Å². The Morgan fingerprint density at radius 2 is 1.67 bits per heavy atom. The molecule has 0 heterocycles. The van der Waals surface area contributed by atoms with Crippen LogP contribution in [0.15, 0.2) is 57.8 Å². The molecule has 0 saturated heterocycles. The Balaban J connectivity index is 2.34. The van der Waals surface area contributed by atoms with Crippen LogP contribution in [0.2, 0.25) is 5.02 Å². The maximum Gasteiger partial charge on any atom is 0.285 e. The molecular formula is C15H14ClNO3S. The topological polar surface area (TPSA) is 55.7 Å². The lowest BCUT2D eigenvalue weighted by molar-refractivity contribution is 0.100. The minimum atomic E-state index is -2.81. The fourth-order valence-electron chi connectivity index (χ4n) is 1.68. The van der Waals surface area contributed by atoms with Gasteiger partial charge in [0, 0.05) is 21.7 Å². The lowest BCUT2D eigenvalue weighted by Crippen LogP contribution is -2.03. The number of benzene rings is 2. The van der Waals surface area contributed by atoms with Crippen molar-refractivity contribution in [3.8, 4) is 5.75 Å². The lowest BCUT2D eigenvalue weighted by Gasteiger charge is -2.05. The van der Waals surface area contributed by atoms with Gasteiger partial charge in [0.2, 0.25) is 0 Å². The van der Waals surface area contributed by atoms with Crippen molar-refractivity contribution < 1.29 is 13.7 Å². The third kappa shape index (κ3) is 3.83. The Morgan fingerprint density at radius 1 is 1.10 bits per heavy atom. The summed E-state index contributed by atoms with van der Waals surface area (Å²) in [6.07, 6.45) is 1.43. The first kappa shape index (κ1) is 15.5. The third-order valence-corrected chi connectivity index (χ3v) is 4.76. The molecule has 0 saturated carbocycles. The van der Waals surface area contributed by atoms with Gasteiger partial charge in [0.25, 0.3) is 5.91 Å². The van der Waals surface area contributed by atoms with E-state index in [0.717, 1.165) is 0 Å². The van der Waals surface area contributed by atoms with E-state index < -0.39 is 15.6 Å². The molecule has 4 nitrogen and oxygen atoms in total. The van der Waals surface area contributed by atoms with Crippen LogP contribution in [0.25, 0.3) is 0 Å². The zero-order valence-electron chi connectivity index (χ0n) is 11.6. The number of hydrogen-bond acceptors (Lipinski definition) is 3. The first-order chi connectivity index (χ1) is 9.92. The van der Waals surface area contributed by atoms with Crippen molar-refractivity contribution in [2.24, 2.45) is 4.36 Å². The van der Waals surface area contributed by atoms with Crippen LogP contribution in [0.5, 0.6) is 5.75 Å². The molecule has 1 unspecified atom stereocenters. The second-order valence-electron chi connectivity index (χ2n) is 4.38. The van der Waals surface area contributed by atoms with Crippen LogP contribution in [0, 0.1) is 0 Å². The van der Waals surface area contributed by atoms with Gasteiger partial charge in [-0.25, -0.2) is 4.21 Å². The number of nitrogens with zero attached hydrogens (tertiary/aromatic N) is 1. The van der Waals surface area contributed by atoms with Crippen molar-refractivity contribution in [3.05, 3.63) is 59.1 Å². The van der Waals surface area contributed by atoms with Crippen molar-refractivity contribution >= 4 is 27.2 Å². The first-order valence-electron chi connectivity index (χ1n) is 6.08. The summed E-state index contributed by atoms with van der Waals surface area (Å²) in [5.41, 5.74) is 0.350. The molecule has 0 radical (unpaired) electrons. The third-order valence-electron chi connectivity index (χ3n) is 2.85. The van der Waals surface area contributed by atoms with E-state index in [-0.39, 0.29) is 0 Å². The Hall–Kier alpha value is -1.85. The van der Waals surface area contributed by atoms with Crippen molar-refractivity contribution in [2.75, 3.05) is 13.4 Å². The van der Waals surface area contributed by atoms with Gasteiger partial charge in [-0.3, -0.25) is 4.79 Å². The molecule has 0 aromatic heterocycles. The van der Waals surface area contributed by atoms with Crippen LogP contribution in [0.3, 0.4) is 0 Å². The van der Waals surface area contributed by atoms with Crippen LogP contribution in [-0.2, 0) is 9.73 Å². The van der Waals surface area contributed by atoms with E-state index in [0.29, 0.717) is 21.2 Å². The van der Waals surface area contributed by atoms with Gasteiger partial charge in [0.1, 0.15) is 5.75 Å². The highest BCUT2D eigenvalue weighted by Gasteiger charge is 2.11. The van der Waals surface area contributed by atoms with Crippen molar-refractivity contribution in [1.82, 2.24) is 0 Å². The van der Waals surface area contributed by atoms with Gasteiger partial charge in [0.05, 0.1) is 16.8 Å². The SMILES string of the molecule is COc1ccc(S(C)(=O)=NC(=O)c2ccc(Cl)cc2)cc1. The number of methoxy groups -OCH3 is 1. The smallest absolute Gasteiger partial charge is 0.285 e. The summed E-state index contributed by atoms with van der Waals surface area (Å²) in [4.78, 5) is 12.5. The van der Waals surface area contributed by atoms with Crippen molar-refractivity contribution in [1.29, 1.82) is 0 Å². The molecule has 0 fully saturated rings. The van der Waals surface area contributed by atoms with Gasteiger partial charge in [-0.1, -0.05) is 11.6 Å². The highest BCUT2D eigenvalue weighted by molar-refractivity contribution is 7.93. The van der Waals surface area contributed by atoms with E-state index in [1.807, 2.05) is 0 Å². The number of ether oxygens (including phenoxy) is 1. The summed E-state index contributed by atoms with van der Waals surface area (Å²) >= 11 is 5.76. The molecule has 2 aromatic rings. The number of halogens is 1. The molecule has 6 heteroatoms. The highest BCUT2D eigenvalue weighted by atomic mass is 35.5. The summed E-state index contributed by atoms with van der Waals surface area (Å²) in [6, 6.07) is 12.9. The molecule has 2 aromatic carbocycles. The monoisotopic (exact) mass is 323 g/mol. The predicted octanol–water partition coefficient (Wildman–Crippen LogP) is 3.65. The molecule has 2 rings (SSSR count). The zero-order valence-corrected chi connectivity index (χ0v) is 13.1. The molecular weight excluding hydrogens is 310 g/mol. The molecule has 21 heavy (non-hydrogen) atoms. The van der Waals surface area contributed by atoms with Gasteiger partial charge < -0.3 is 4.74 Å². The second kappa shape index (κ2) is 6.28. The molecule has 0 aliphatic carbocycles. The molecule has 1 atom stereocenters. The fraction of sp³-hybridized carbons (Fsp3) is 0.133. The standard InChI is InChI=1S/C15H14ClNO3S/c1-20-13-7-9-14(10-8-13)21(2,19)17-15(18)11-3-5-12(16)6-4-11/h3-10H,1-2H3. The fourth-order valence-corrected chi connectivity index (χ4v) is 2.98. The predicted molar refractivity (Wildman–Crippen MR) is 83.5 cm³/mol. The van der Waals surface area contributed by atoms with Crippen LogP contribution < -0.4 is 4.74 Å². The summed E-state index contributed by atoms with van der Waals surface area (Å²) in [7, 11) is -1.26. The molecule has 1 amide bonds. The number of carbonyl (C=O) groups excluding carboxylic acids is 1. The van der Waals surface area contributed by atoms with Crippen LogP contribution in [-0.4, -0.2) is 23.5 Å². The summed E-state index contributed by atoms with van der Waals surface area (Å²) in [5, 5.41) is 0.527. The average molecular weight is 324 g/mol. The highest BCUT2D eigenvalue weighted by Crippen LogP contribution is 2.18. The number of amides is 1. The van der Waals surface area contributed by atoms with Gasteiger partial charge >= 0.3 is 0 Å². The Labute approximate surface area is 128 Å². The van der Waals surface area contributed by atoms with Gasteiger partial charge in [-0.05, 0) is 48.5 Å². The summed E-state index contributed by atoms with van der Waals surface area (Å²) in [5.74, 6) is 0.118. The molecule has 0 spiro atoms. The van der Waals surface area contributed by atoms with Gasteiger partial charge in [-0.15, -0.1) is 0 Å². The van der Waals surface area contributed by atoms with E-state index in [4.69, 9.17) is 16.3 Å². The maximum absolute atomic E-state index is 12.6. The average Bonchev–Trinajstić information content (AvgIpc) is 2.47. The van der Waals surface area contributed by atoms with Crippen molar-refractivity contribution in [2.45, 2.75) is 4.90 Å². The lowest BCUT2D eigenvalue weighted by atomic mass is 10.2. The summed E-state index contributed by atoms with van der Waals surface area (Å²) < 4.78 is 21.5. The second-order valence-corrected chi connectivity index (χ2v) is 7.08. The van der Waals surface area contributed by atoms with E-state index >= 15 is 0 Å². The van der Waals surface area contributed by atoms with E-state index in [2.05, 4.69) is 4.36 Å². The number of hydrogen-bond donors (Lipinski definition) is 0. The Morgan fingerprint density at radius 3 is 2.19 bits per heavy atom. The van der Waals surface area contributed by atoms with E-state index in [1.54, 1.807) is 55.6 Å². The first-order valence-corrected chi connectivity index (χ1v) is 8.38. The Bertz CT molecular complexity index is 761. The van der Waals surface area contributed by atoms with E-state index in [9.17, 15) is 9.00 Å². The minimum absolute atomic E-state index is 0.350. The van der Waals surface area contributed by atoms with Gasteiger partial charge in [-0.2, -0.15) is 4.36 Å². The maximum atomic E-state index is 12.6. The molecule has 0 aliphatic heterocycles. The van der Waals surface area contributed by atoms with Crippen LogP contribution in [0.1, 0.15) is 10.4 Å². The van der Waals surface area contributed by atoms with Crippen LogP contribution in [0.4, 0.5) is 0 Å². The number of carbonyl (C=O) groups is 1.